The van der Waals surface area contributed by atoms with E-state index in [1.807, 2.05) is 0 Å². The average molecular weight is 267 g/mol. The summed E-state index contributed by atoms with van der Waals surface area (Å²) in [5.41, 5.74) is 0. The fourth-order valence-corrected chi connectivity index (χ4v) is 1.13. The SMILES string of the molecule is Cl.FC(F)C(F)(F)Cn1ccnc1CCl. The summed E-state index contributed by atoms with van der Waals surface area (Å²) in [6.45, 7) is -1.10. The van der Waals surface area contributed by atoms with E-state index in [1.165, 1.54) is 12.4 Å². The van der Waals surface area contributed by atoms with Crippen molar-refractivity contribution < 1.29 is 17.6 Å². The zero-order valence-electron chi connectivity index (χ0n) is 7.34. The predicted molar refractivity (Wildman–Crippen MR) is 50.0 cm³/mol. The van der Waals surface area contributed by atoms with Crippen molar-refractivity contribution in [1.82, 2.24) is 9.55 Å². The van der Waals surface area contributed by atoms with Crippen molar-refractivity contribution in [1.29, 1.82) is 0 Å². The van der Waals surface area contributed by atoms with Crippen molar-refractivity contribution in [3.63, 3.8) is 0 Å². The van der Waals surface area contributed by atoms with E-state index >= 15 is 0 Å². The van der Waals surface area contributed by atoms with Gasteiger partial charge in [0.05, 0.1) is 12.4 Å². The van der Waals surface area contributed by atoms with Crippen molar-refractivity contribution in [3.05, 3.63) is 18.2 Å². The van der Waals surface area contributed by atoms with Gasteiger partial charge in [0.1, 0.15) is 5.82 Å². The number of nitrogens with zero attached hydrogens (tertiary/aromatic N) is 2. The average Bonchev–Trinajstić information content (AvgIpc) is 2.50. The Morgan fingerprint density at radius 3 is 2.53 bits per heavy atom. The van der Waals surface area contributed by atoms with Crippen LogP contribution in [0.3, 0.4) is 0 Å². The molecule has 0 spiro atoms. The highest BCUT2D eigenvalue weighted by molar-refractivity contribution is 6.16. The van der Waals surface area contributed by atoms with Crippen molar-refractivity contribution in [2.24, 2.45) is 0 Å². The van der Waals surface area contributed by atoms with Crippen LogP contribution in [0.25, 0.3) is 0 Å². The molecule has 0 aliphatic rings. The molecule has 0 aromatic carbocycles. The Labute approximate surface area is 94.6 Å². The second-order valence-corrected chi connectivity index (χ2v) is 2.93. The Kier molecular flexibility index (Phi) is 5.37. The number of alkyl halides is 5. The molecule has 0 bridgehead atoms. The Hall–Kier alpha value is -0.490. The van der Waals surface area contributed by atoms with Crippen LogP contribution in [0.4, 0.5) is 17.6 Å². The van der Waals surface area contributed by atoms with Gasteiger partial charge < -0.3 is 4.57 Å². The molecular weight excluding hydrogens is 259 g/mol. The molecule has 8 heteroatoms. The van der Waals surface area contributed by atoms with Gasteiger partial charge in [-0.05, 0) is 0 Å². The molecule has 0 atom stereocenters. The first-order valence-corrected chi connectivity index (χ1v) is 4.23. The maximum absolute atomic E-state index is 12.6. The summed E-state index contributed by atoms with van der Waals surface area (Å²) in [4.78, 5) is 3.63. The summed E-state index contributed by atoms with van der Waals surface area (Å²) >= 11 is 5.37. The van der Waals surface area contributed by atoms with Gasteiger partial charge in [0.2, 0.25) is 0 Å². The fourth-order valence-electron chi connectivity index (χ4n) is 0.911. The first-order chi connectivity index (χ1) is 6.47. The minimum atomic E-state index is -4.05. The first-order valence-electron chi connectivity index (χ1n) is 3.69. The second-order valence-electron chi connectivity index (χ2n) is 2.67. The lowest BCUT2D eigenvalue weighted by atomic mass is 10.3. The van der Waals surface area contributed by atoms with Crippen molar-refractivity contribution in [3.8, 4) is 0 Å². The van der Waals surface area contributed by atoms with Crippen LogP contribution in [0.15, 0.2) is 12.4 Å². The Morgan fingerprint density at radius 1 is 1.47 bits per heavy atom. The van der Waals surface area contributed by atoms with Crippen LogP contribution in [0.1, 0.15) is 5.82 Å². The lowest BCUT2D eigenvalue weighted by Crippen LogP contribution is -2.32. The Balaban J connectivity index is 0.00000196. The highest BCUT2D eigenvalue weighted by Crippen LogP contribution is 2.25. The topological polar surface area (TPSA) is 17.8 Å². The molecule has 0 aliphatic carbocycles. The number of hydrogen-bond acceptors (Lipinski definition) is 1. The van der Waals surface area contributed by atoms with Crippen LogP contribution in [-0.4, -0.2) is 21.9 Å². The lowest BCUT2D eigenvalue weighted by molar-refractivity contribution is -0.138. The molecule has 2 nitrogen and oxygen atoms in total. The number of halogens is 6. The van der Waals surface area contributed by atoms with Gasteiger partial charge in [-0.2, -0.15) is 8.78 Å². The van der Waals surface area contributed by atoms with Gasteiger partial charge in [-0.3, -0.25) is 0 Å². The van der Waals surface area contributed by atoms with E-state index in [9.17, 15) is 17.6 Å². The van der Waals surface area contributed by atoms with Crippen molar-refractivity contribution in [2.45, 2.75) is 24.8 Å². The number of hydrogen-bond donors (Lipinski definition) is 0. The quantitative estimate of drug-likeness (QED) is 0.605. The molecule has 1 rings (SSSR count). The third kappa shape index (κ3) is 3.53. The molecule has 1 aromatic rings. The van der Waals surface area contributed by atoms with E-state index in [0.29, 0.717) is 0 Å². The summed E-state index contributed by atoms with van der Waals surface area (Å²) < 4.78 is 49.7. The third-order valence-electron chi connectivity index (χ3n) is 1.62. The van der Waals surface area contributed by atoms with Gasteiger partial charge >= 0.3 is 12.3 Å². The van der Waals surface area contributed by atoms with Gasteiger partial charge in [0, 0.05) is 12.4 Å². The van der Waals surface area contributed by atoms with E-state index < -0.39 is 18.9 Å². The largest absolute Gasteiger partial charge is 0.328 e. The second kappa shape index (κ2) is 5.55. The first kappa shape index (κ1) is 14.5. The molecular formula is C7H8Cl2F4N2. The van der Waals surface area contributed by atoms with Gasteiger partial charge in [-0.15, -0.1) is 24.0 Å². The predicted octanol–water partition coefficient (Wildman–Crippen LogP) is 2.94. The van der Waals surface area contributed by atoms with Crippen LogP contribution < -0.4 is 0 Å². The van der Waals surface area contributed by atoms with Gasteiger partial charge in [-0.25, -0.2) is 13.8 Å². The molecule has 0 saturated heterocycles. The standard InChI is InChI=1S/C7H7ClF4N2.ClH/c8-3-5-13-1-2-14(5)4-7(11,12)6(9)10;/h1-2,6H,3-4H2;1H. The highest BCUT2D eigenvalue weighted by Gasteiger charge is 2.41. The molecule has 0 amide bonds. The van der Waals surface area contributed by atoms with E-state index in [1.54, 1.807) is 0 Å². The summed E-state index contributed by atoms with van der Waals surface area (Å²) in [7, 11) is 0. The molecule has 88 valence electrons. The van der Waals surface area contributed by atoms with E-state index in [2.05, 4.69) is 4.98 Å². The van der Waals surface area contributed by atoms with Crippen LogP contribution in [0.2, 0.25) is 0 Å². The Morgan fingerprint density at radius 2 is 2.07 bits per heavy atom. The molecule has 0 N–H and O–H groups in total. The number of rotatable bonds is 4. The van der Waals surface area contributed by atoms with E-state index in [-0.39, 0.29) is 24.1 Å². The molecule has 0 aliphatic heterocycles. The minimum absolute atomic E-state index is 0. The summed E-state index contributed by atoms with van der Waals surface area (Å²) in [6.07, 6.45) is -1.26. The van der Waals surface area contributed by atoms with Gasteiger partial charge in [-0.1, -0.05) is 0 Å². The normalized spacial score (nSPS) is 11.6. The maximum atomic E-state index is 12.6. The molecule has 1 aromatic heterocycles. The third-order valence-corrected chi connectivity index (χ3v) is 1.86. The van der Waals surface area contributed by atoms with Crippen molar-refractivity contribution in [2.75, 3.05) is 0 Å². The molecule has 1 heterocycles. The molecule has 0 radical (unpaired) electrons. The summed E-state index contributed by atoms with van der Waals surface area (Å²) in [6, 6.07) is 0. The monoisotopic (exact) mass is 266 g/mol. The number of aromatic nitrogens is 2. The smallest absolute Gasteiger partial charge is 0.324 e. The molecule has 0 unspecified atom stereocenters. The number of imidazole rings is 1. The van der Waals surface area contributed by atoms with Crippen LogP contribution in [-0.2, 0) is 12.4 Å². The van der Waals surface area contributed by atoms with Crippen molar-refractivity contribution >= 4 is 24.0 Å². The van der Waals surface area contributed by atoms with Gasteiger partial charge in [0.25, 0.3) is 0 Å². The zero-order valence-corrected chi connectivity index (χ0v) is 8.91. The van der Waals surface area contributed by atoms with E-state index in [4.69, 9.17) is 11.6 Å². The van der Waals surface area contributed by atoms with E-state index in [0.717, 1.165) is 4.57 Å². The van der Waals surface area contributed by atoms with Crippen LogP contribution in [0.5, 0.6) is 0 Å². The minimum Gasteiger partial charge on any atom is -0.328 e. The molecule has 0 fully saturated rings. The summed E-state index contributed by atoms with van der Waals surface area (Å²) in [5.74, 6) is -4.00. The Bertz CT molecular complexity index is 303. The van der Waals surface area contributed by atoms with Gasteiger partial charge in [0.15, 0.2) is 0 Å². The lowest BCUT2D eigenvalue weighted by Gasteiger charge is -2.16. The van der Waals surface area contributed by atoms with Crippen LogP contribution >= 0.6 is 24.0 Å². The highest BCUT2D eigenvalue weighted by atomic mass is 35.5. The zero-order chi connectivity index (χ0) is 10.8. The maximum Gasteiger partial charge on any atom is 0.324 e. The van der Waals surface area contributed by atoms with Crippen LogP contribution in [0, 0.1) is 0 Å². The fraction of sp³-hybridized carbons (Fsp3) is 0.571. The molecule has 0 saturated carbocycles. The molecule has 15 heavy (non-hydrogen) atoms. The summed E-state index contributed by atoms with van der Waals surface area (Å²) in [5, 5.41) is 0.